The first-order valence-electron chi connectivity index (χ1n) is 7.56. The third-order valence-corrected chi connectivity index (χ3v) is 4.84. The van der Waals surface area contributed by atoms with E-state index in [0.29, 0.717) is 5.37 Å². The molecule has 1 unspecified atom stereocenters. The number of nitrogens with zero attached hydrogens (tertiary/aromatic N) is 2. The lowest BCUT2D eigenvalue weighted by Crippen LogP contribution is -2.33. The van der Waals surface area contributed by atoms with Gasteiger partial charge in [0.05, 0.1) is 11.1 Å². The van der Waals surface area contributed by atoms with Crippen LogP contribution in [0.2, 0.25) is 0 Å². The lowest BCUT2D eigenvalue weighted by molar-refractivity contribution is 0.436. The Morgan fingerprint density at radius 1 is 1.24 bits per heavy atom. The second-order valence-corrected chi connectivity index (χ2v) is 6.99. The zero-order valence-corrected chi connectivity index (χ0v) is 13.4. The summed E-state index contributed by atoms with van der Waals surface area (Å²) >= 11 is 1.76. The van der Waals surface area contributed by atoms with Gasteiger partial charge >= 0.3 is 0 Å². The SMILES string of the molecule is CC1CCN(c2ccc(C#CC3=CSC(C)N3)cn2)CC1. The smallest absolute Gasteiger partial charge is 0.128 e. The first kappa shape index (κ1) is 14.3. The molecule has 110 valence electrons. The average Bonchev–Trinajstić information content (AvgIpc) is 2.92. The van der Waals surface area contributed by atoms with E-state index in [1.165, 1.54) is 12.8 Å². The van der Waals surface area contributed by atoms with Crippen molar-refractivity contribution >= 4 is 17.6 Å². The van der Waals surface area contributed by atoms with Crippen molar-refractivity contribution < 1.29 is 0 Å². The molecule has 0 aromatic carbocycles. The van der Waals surface area contributed by atoms with Gasteiger partial charge in [-0.25, -0.2) is 4.98 Å². The van der Waals surface area contributed by atoms with Crippen molar-refractivity contribution in [2.24, 2.45) is 5.92 Å². The molecule has 1 aromatic rings. The summed E-state index contributed by atoms with van der Waals surface area (Å²) in [5.41, 5.74) is 1.97. The van der Waals surface area contributed by atoms with E-state index in [9.17, 15) is 0 Å². The highest BCUT2D eigenvalue weighted by molar-refractivity contribution is 8.02. The molecular formula is C17H21N3S. The number of piperidine rings is 1. The van der Waals surface area contributed by atoms with Gasteiger partial charge in [-0.15, -0.1) is 11.8 Å². The number of nitrogens with one attached hydrogen (secondary N) is 1. The largest absolute Gasteiger partial charge is 0.366 e. The van der Waals surface area contributed by atoms with Crippen LogP contribution in [-0.4, -0.2) is 23.4 Å². The number of thioether (sulfide) groups is 1. The van der Waals surface area contributed by atoms with Crippen molar-refractivity contribution in [3.63, 3.8) is 0 Å². The van der Waals surface area contributed by atoms with Crippen molar-refractivity contribution in [3.8, 4) is 11.8 Å². The molecule has 0 bridgehead atoms. The zero-order chi connectivity index (χ0) is 14.7. The van der Waals surface area contributed by atoms with Gasteiger partial charge in [-0.2, -0.15) is 0 Å². The number of hydrogen-bond donors (Lipinski definition) is 1. The zero-order valence-electron chi connectivity index (χ0n) is 12.6. The molecule has 0 aliphatic carbocycles. The topological polar surface area (TPSA) is 28.2 Å². The number of aromatic nitrogens is 1. The Hall–Kier alpha value is -1.60. The van der Waals surface area contributed by atoms with Gasteiger partial charge < -0.3 is 10.2 Å². The fourth-order valence-electron chi connectivity index (χ4n) is 2.55. The lowest BCUT2D eigenvalue weighted by Gasteiger charge is -2.31. The number of pyridine rings is 1. The van der Waals surface area contributed by atoms with E-state index < -0.39 is 0 Å². The molecule has 1 fully saturated rings. The Balaban J connectivity index is 1.63. The van der Waals surface area contributed by atoms with Crippen LogP contribution in [0.25, 0.3) is 0 Å². The summed E-state index contributed by atoms with van der Waals surface area (Å²) in [5.74, 6) is 8.25. The molecule has 1 aromatic heterocycles. The molecule has 0 radical (unpaired) electrons. The first-order chi connectivity index (χ1) is 10.2. The van der Waals surface area contributed by atoms with Crippen molar-refractivity contribution in [2.75, 3.05) is 18.0 Å². The van der Waals surface area contributed by atoms with Crippen LogP contribution >= 0.6 is 11.8 Å². The number of anilines is 1. The summed E-state index contributed by atoms with van der Waals surface area (Å²) in [5, 5.41) is 5.82. The summed E-state index contributed by atoms with van der Waals surface area (Å²) in [4.78, 5) is 6.94. The van der Waals surface area contributed by atoms with Crippen molar-refractivity contribution in [3.05, 3.63) is 35.0 Å². The van der Waals surface area contributed by atoms with E-state index in [-0.39, 0.29) is 0 Å². The van der Waals surface area contributed by atoms with E-state index in [1.807, 2.05) is 6.20 Å². The van der Waals surface area contributed by atoms with Crippen molar-refractivity contribution in [1.82, 2.24) is 10.3 Å². The van der Waals surface area contributed by atoms with Gasteiger partial charge in [-0.1, -0.05) is 12.8 Å². The highest BCUT2D eigenvalue weighted by atomic mass is 32.2. The van der Waals surface area contributed by atoms with Gasteiger partial charge in [0.15, 0.2) is 0 Å². The molecule has 21 heavy (non-hydrogen) atoms. The maximum atomic E-state index is 4.57. The Morgan fingerprint density at radius 2 is 2.05 bits per heavy atom. The van der Waals surface area contributed by atoms with Crippen LogP contribution in [-0.2, 0) is 0 Å². The standard InChI is InChI=1S/C17H21N3S/c1-13-7-9-20(10-8-13)17-6-4-15(11-18-17)3-5-16-12-21-14(2)19-16/h4,6,11-14,19H,7-10H2,1-2H3. The fourth-order valence-corrected chi connectivity index (χ4v) is 3.21. The van der Waals surface area contributed by atoms with Gasteiger partial charge in [-0.3, -0.25) is 0 Å². The van der Waals surface area contributed by atoms with E-state index in [4.69, 9.17) is 0 Å². The minimum atomic E-state index is 0.427. The Kier molecular flexibility index (Phi) is 4.40. The Bertz CT molecular complexity index is 574. The van der Waals surface area contributed by atoms with Gasteiger partial charge in [0.1, 0.15) is 5.82 Å². The van der Waals surface area contributed by atoms with Crippen molar-refractivity contribution in [2.45, 2.75) is 32.1 Å². The molecule has 0 saturated carbocycles. The molecule has 2 aliphatic rings. The summed E-state index contributed by atoms with van der Waals surface area (Å²) in [6, 6.07) is 4.16. The molecular weight excluding hydrogens is 278 g/mol. The summed E-state index contributed by atoms with van der Waals surface area (Å²) in [7, 11) is 0. The fraction of sp³-hybridized carbons (Fsp3) is 0.471. The lowest BCUT2D eigenvalue weighted by atomic mass is 9.99. The molecule has 1 N–H and O–H groups in total. The third kappa shape index (κ3) is 3.74. The molecule has 3 nitrogen and oxygen atoms in total. The third-order valence-electron chi connectivity index (χ3n) is 3.95. The van der Waals surface area contributed by atoms with Crippen LogP contribution in [0.3, 0.4) is 0 Å². The summed E-state index contributed by atoms with van der Waals surface area (Å²) < 4.78 is 0. The van der Waals surface area contributed by atoms with Gasteiger partial charge in [0, 0.05) is 30.3 Å². The molecule has 1 atom stereocenters. The second kappa shape index (κ2) is 6.44. The van der Waals surface area contributed by atoms with Crippen LogP contribution in [0, 0.1) is 17.8 Å². The Morgan fingerprint density at radius 3 is 2.67 bits per heavy atom. The first-order valence-corrected chi connectivity index (χ1v) is 8.50. The van der Waals surface area contributed by atoms with E-state index >= 15 is 0 Å². The van der Waals surface area contributed by atoms with E-state index in [2.05, 4.69) is 58.4 Å². The molecule has 0 spiro atoms. The van der Waals surface area contributed by atoms with Gasteiger partial charge in [0.2, 0.25) is 0 Å². The highest BCUT2D eigenvalue weighted by Gasteiger charge is 2.16. The van der Waals surface area contributed by atoms with Crippen LogP contribution in [0.15, 0.2) is 29.4 Å². The normalized spacial score (nSPS) is 22.3. The molecule has 3 heterocycles. The summed E-state index contributed by atoms with van der Waals surface area (Å²) in [6.07, 6.45) is 4.41. The number of allylic oxidation sites excluding steroid dienone is 1. The maximum absolute atomic E-state index is 4.57. The van der Waals surface area contributed by atoms with Crippen molar-refractivity contribution in [1.29, 1.82) is 0 Å². The van der Waals surface area contributed by atoms with E-state index in [1.54, 1.807) is 11.8 Å². The highest BCUT2D eigenvalue weighted by Crippen LogP contribution is 2.21. The molecule has 4 heteroatoms. The molecule has 1 saturated heterocycles. The predicted octanol–water partition coefficient (Wildman–Crippen LogP) is 3.19. The van der Waals surface area contributed by atoms with Crippen LogP contribution in [0.4, 0.5) is 5.82 Å². The molecule has 3 rings (SSSR count). The quantitative estimate of drug-likeness (QED) is 0.806. The van der Waals surface area contributed by atoms with Gasteiger partial charge in [-0.05, 0) is 43.7 Å². The minimum Gasteiger partial charge on any atom is -0.366 e. The van der Waals surface area contributed by atoms with Crippen LogP contribution < -0.4 is 10.2 Å². The van der Waals surface area contributed by atoms with Crippen LogP contribution in [0.1, 0.15) is 32.3 Å². The summed E-state index contributed by atoms with van der Waals surface area (Å²) in [6.45, 7) is 6.69. The number of rotatable bonds is 1. The van der Waals surface area contributed by atoms with Gasteiger partial charge in [0.25, 0.3) is 0 Å². The Labute approximate surface area is 131 Å². The molecule has 2 aliphatic heterocycles. The predicted molar refractivity (Wildman–Crippen MR) is 90.0 cm³/mol. The second-order valence-electron chi connectivity index (χ2n) is 5.78. The monoisotopic (exact) mass is 299 g/mol. The number of hydrogen-bond acceptors (Lipinski definition) is 4. The average molecular weight is 299 g/mol. The maximum Gasteiger partial charge on any atom is 0.128 e. The van der Waals surface area contributed by atoms with Crippen LogP contribution in [0.5, 0.6) is 0 Å². The van der Waals surface area contributed by atoms with E-state index in [0.717, 1.165) is 36.1 Å². The minimum absolute atomic E-state index is 0.427. The molecule has 0 amide bonds.